The van der Waals surface area contributed by atoms with E-state index in [2.05, 4.69) is 9.84 Å². The summed E-state index contributed by atoms with van der Waals surface area (Å²) in [6, 6.07) is 4.64. The van der Waals surface area contributed by atoms with Crippen molar-refractivity contribution in [3.05, 3.63) is 51.3 Å². The van der Waals surface area contributed by atoms with Crippen molar-refractivity contribution in [2.45, 2.75) is 13.5 Å². The number of rotatable bonds is 6. The quantitative estimate of drug-likeness (QED) is 0.343. The third-order valence-electron chi connectivity index (χ3n) is 3.38. The van der Waals surface area contributed by atoms with Crippen molar-refractivity contribution in [1.29, 1.82) is 0 Å². The Labute approximate surface area is 136 Å². The van der Waals surface area contributed by atoms with Gasteiger partial charge in [0.25, 0.3) is 0 Å². The van der Waals surface area contributed by atoms with E-state index in [4.69, 9.17) is 4.74 Å². The lowest BCUT2D eigenvalue weighted by molar-refractivity contribution is -0.385. The third-order valence-corrected chi connectivity index (χ3v) is 3.38. The normalized spacial score (nSPS) is 10.3. The van der Waals surface area contributed by atoms with E-state index in [1.54, 1.807) is 6.07 Å². The van der Waals surface area contributed by atoms with Crippen LogP contribution in [0.5, 0.6) is 5.75 Å². The fraction of sp³-hybridized carbons (Fsp3) is 0.267. The predicted molar refractivity (Wildman–Crippen MR) is 82.3 cm³/mol. The summed E-state index contributed by atoms with van der Waals surface area (Å²) in [5.74, 6) is -0.603. The molecule has 0 bridgehead atoms. The SMILES string of the molecule is COC(=O)c1ccc(Cn2ncc([N+](=O)[O-])c2C(C)=O)c(OC)c1. The van der Waals surface area contributed by atoms with Gasteiger partial charge >= 0.3 is 11.7 Å². The molecule has 0 radical (unpaired) electrons. The Hall–Kier alpha value is -3.23. The van der Waals surface area contributed by atoms with E-state index < -0.39 is 16.7 Å². The minimum atomic E-state index is -0.655. The molecular formula is C15H15N3O6. The molecule has 0 amide bonds. The molecule has 1 heterocycles. The number of hydrogen-bond acceptors (Lipinski definition) is 7. The summed E-state index contributed by atoms with van der Waals surface area (Å²) in [6.45, 7) is 1.31. The first-order valence-electron chi connectivity index (χ1n) is 6.85. The number of nitro groups is 1. The molecule has 0 atom stereocenters. The van der Waals surface area contributed by atoms with Gasteiger partial charge in [0.2, 0.25) is 0 Å². The largest absolute Gasteiger partial charge is 0.496 e. The smallest absolute Gasteiger partial charge is 0.337 e. The molecule has 1 aromatic carbocycles. The van der Waals surface area contributed by atoms with Crippen molar-refractivity contribution in [3.63, 3.8) is 0 Å². The zero-order valence-corrected chi connectivity index (χ0v) is 13.3. The molecule has 9 heteroatoms. The Balaban J connectivity index is 2.43. The number of esters is 1. The van der Waals surface area contributed by atoms with Crippen molar-refractivity contribution in [2.75, 3.05) is 14.2 Å². The van der Waals surface area contributed by atoms with Gasteiger partial charge in [0.1, 0.15) is 11.9 Å². The molecule has 0 spiro atoms. The molecule has 0 N–H and O–H groups in total. The number of methoxy groups -OCH3 is 2. The molecule has 126 valence electrons. The number of ether oxygens (including phenoxy) is 2. The third kappa shape index (κ3) is 3.24. The van der Waals surface area contributed by atoms with Crippen LogP contribution in [-0.2, 0) is 11.3 Å². The lowest BCUT2D eigenvalue weighted by Crippen LogP contribution is -2.12. The standard InChI is InChI=1S/C15H15N3O6/c1-9(19)14-12(18(21)22)7-16-17(14)8-11-5-4-10(15(20)24-3)6-13(11)23-2/h4-7H,8H2,1-3H3. The molecule has 2 aromatic rings. The highest BCUT2D eigenvalue weighted by Gasteiger charge is 2.24. The van der Waals surface area contributed by atoms with Gasteiger partial charge in [-0.25, -0.2) is 4.79 Å². The first kappa shape index (κ1) is 17.1. The van der Waals surface area contributed by atoms with Gasteiger partial charge in [-0.15, -0.1) is 0 Å². The average molecular weight is 333 g/mol. The van der Waals surface area contributed by atoms with Crippen LogP contribution in [-0.4, -0.2) is 40.7 Å². The Bertz CT molecular complexity index is 812. The van der Waals surface area contributed by atoms with Crippen molar-refractivity contribution in [1.82, 2.24) is 9.78 Å². The van der Waals surface area contributed by atoms with Gasteiger partial charge < -0.3 is 9.47 Å². The van der Waals surface area contributed by atoms with E-state index in [0.29, 0.717) is 16.9 Å². The highest BCUT2D eigenvalue weighted by molar-refractivity contribution is 5.96. The van der Waals surface area contributed by atoms with Gasteiger partial charge in [-0.05, 0) is 12.1 Å². The fourth-order valence-electron chi connectivity index (χ4n) is 2.27. The molecule has 2 rings (SSSR count). The molecule has 0 unspecified atom stereocenters. The van der Waals surface area contributed by atoms with E-state index in [1.165, 1.54) is 38.0 Å². The number of carbonyl (C=O) groups excluding carboxylic acids is 2. The molecule has 1 aromatic heterocycles. The number of Topliss-reactive ketones (excluding diaryl/α,β-unsaturated/α-hetero) is 1. The van der Waals surface area contributed by atoms with Crippen LogP contribution in [0.25, 0.3) is 0 Å². The van der Waals surface area contributed by atoms with Crippen LogP contribution in [0.1, 0.15) is 33.3 Å². The van der Waals surface area contributed by atoms with Crippen molar-refractivity contribution in [3.8, 4) is 5.75 Å². The van der Waals surface area contributed by atoms with Crippen LogP contribution < -0.4 is 4.74 Å². The Morgan fingerprint density at radius 2 is 2.04 bits per heavy atom. The van der Waals surface area contributed by atoms with E-state index in [9.17, 15) is 19.7 Å². The minimum absolute atomic E-state index is 0.0768. The van der Waals surface area contributed by atoms with Crippen molar-refractivity contribution < 1.29 is 24.0 Å². The number of carbonyl (C=O) groups is 2. The van der Waals surface area contributed by atoms with Gasteiger partial charge in [0.15, 0.2) is 11.5 Å². The molecule has 0 saturated heterocycles. The van der Waals surface area contributed by atoms with Crippen molar-refractivity contribution in [2.24, 2.45) is 0 Å². The number of nitrogens with zero attached hydrogens (tertiary/aromatic N) is 3. The van der Waals surface area contributed by atoms with Gasteiger partial charge in [-0.2, -0.15) is 5.10 Å². The number of hydrogen-bond donors (Lipinski definition) is 0. The summed E-state index contributed by atoms with van der Waals surface area (Å²) in [6.07, 6.45) is 1.03. The molecule has 0 aliphatic carbocycles. The Kier molecular flexibility index (Phi) is 4.93. The maximum Gasteiger partial charge on any atom is 0.337 e. The second kappa shape index (κ2) is 6.90. The number of aromatic nitrogens is 2. The lowest BCUT2D eigenvalue weighted by Gasteiger charge is -2.11. The fourth-order valence-corrected chi connectivity index (χ4v) is 2.27. The number of ketones is 1. The van der Waals surface area contributed by atoms with Gasteiger partial charge in [-0.3, -0.25) is 19.6 Å². The van der Waals surface area contributed by atoms with Crippen LogP contribution in [0.15, 0.2) is 24.4 Å². The summed E-state index contributed by atoms with van der Waals surface area (Å²) < 4.78 is 11.1. The zero-order valence-electron chi connectivity index (χ0n) is 13.3. The molecular weight excluding hydrogens is 318 g/mol. The summed E-state index contributed by atoms with van der Waals surface area (Å²) >= 11 is 0. The van der Waals surface area contributed by atoms with Crippen LogP contribution >= 0.6 is 0 Å². The molecule has 0 saturated carbocycles. The minimum Gasteiger partial charge on any atom is -0.496 e. The van der Waals surface area contributed by atoms with Crippen LogP contribution in [0.3, 0.4) is 0 Å². The topological polar surface area (TPSA) is 114 Å². The first-order valence-corrected chi connectivity index (χ1v) is 6.85. The Morgan fingerprint density at radius 3 is 2.58 bits per heavy atom. The van der Waals surface area contributed by atoms with Crippen LogP contribution in [0, 0.1) is 10.1 Å². The molecule has 0 aliphatic rings. The lowest BCUT2D eigenvalue weighted by atomic mass is 10.1. The molecule has 9 nitrogen and oxygen atoms in total. The summed E-state index contributed by atoms with van der Waals surface area (Å²) in [7, 11) is 2.70. The van der Waals surface area contributed by atoms with E-state index in [1.807, 2.05) is 0 Å². The molecule has 0 aliphatic heterocycles. The monoisotopic (exact) mass is 333 g/mol. The maximum absolute atomic E-state index is 11.7. The summed E-state index contributed by atoms with van der Waals surface area (Å²) in [5, 5.41) is 14.9. The van der Waals surface area contributed by atoms with E-state index in [-0.39, 0.29) is 17.9 Å². The zero-order chi connectivity index (χ0) is 17.9. The summed E-state index contributed by atoms with van der Waals surface area (Å²) in [5.41, 5.74) is 0.453. The second-order valence-corrected chi connectivity index (χ2v) is 4.87. The van der Waals surface area contributed by atoms with Gasteiger partial charge in [0.05, 0.1) is 31.3 Å². The number of benzene rings is 1. The molecule has 24 heavy (non-hydrogen) atoms. The van der Waals surface area contributed by atoms with Crippen molar-refractivity contribution >= 4 is 17.4 Å². The Morgan fingerprint density at radius 1 is 1.33 bits per heavy atom. The first-order chi connectivity index (χ1) is 11.4. The van der Waals surface area contributed by atoms with E-state index >= 15 is 0 Å². The second-order valence-electron chi connectivity index (χ2n) is 4.87. The average Bonchev–Trinajstić information content (AvgIpc) is 2.98. The highest BCUT2D eigenvalue weighted by Crippen LogP contribution is 2.24. The van der Waals surface area contributed by atoms with Gasteiger partial charge in [0, 0.05) is 12.5 Å². The van der Waals surface area contributed by atoms with Crippen LogP contribution in [0.2, 0.25) is 0 Å². The summed E-state index contributed by atoms with van der Waals surface area (Å²) in [4.78, 5) is 33.6. The highest BCUT2D eigenvalue weighted by atomic mass is 16.6. The molecule has 0 fully saturated rings. The van der Waals surface area contributed by atoms with Gasteiger partial charge in [-0.1, -0.05) is 6.07 Å². The maximum atomic E-state index is 11.7. The van der Waals surface area contributed by atoms with Crippen LogP contribution in [0.4, 0.5) is 5.69 Å². The van der Waals surface area contributed by atoms with E-state index in [0.717, 1.165) is 6.20 Å². The predicted octanol–water partition coefficient (Wildman–Crippen LogP) is 1.84.